The van der Waals surface area contributed by atoms with Gasteiger partial charge >= 0.3 is 5.97 Å². The number of benzene rings is 1. The van der Waals surface area contributed by atoms with Gasteiger partial charge in [0.15, 0.2) is 0 Å². The molecule has 92 valence electrons. The zero-order valence-corrected chi connectivity index (χ0v) is 10.0. The molecule has 0 radical (unpaired) electrons. The molecule has 18 heavy (non-hydrogen) atoms. The molecule has 1 N–H and O–H groups in total. The molecule has 0 fully saturated rings. The van der Waals surface area contributed by atoms with Crippen molar-refractivity contribution in [1.29, 1.82) is 0 Å². The average molecular weight is 242 g/mol. The highest BCUT2D eigenvalue weighted by Crippen LogP contribution is 2.58. The third kappa shape index (κ3) is 1.31. The van der Waals surface area contributed by atoms with Gasteiger partial charge < -0.3 is 4.89 Å². The maximum Gasteiger partial charge on any atom is 0.350 e. The number of allylic oxidation sites excluding steroid dienone is 4. The van der Waals surface area contributed by atoms with Crippen LogP contribution in [-0.2, 0) is 9.68 Å². The number of carbonyl (C=O) groups excluding carboxylic acids is 1. The predicted octanol–water partition coefficient (Wildman–Crippen LogP) is 3.02. The summed E-state index contributed by atoms with van der Waals surface area (Å²) in [6.07, 6.45) is 8.07. The SMILES string of the molecule is CC12C=CC=CC1c1ccccc1C2C(=O)OO. The summed E-state index contributed by atoms with van der Waals surface area (Å²) in [5, 5.41) is 8.73. The second kappa shape index (κ2) is 3.82. The molecule has 0 spiro atoms. The maximum atomic E-state index is 11.9. The number of hydrogen-bond donors (Lipinski definition) is 1. The Bertz CT molecular complexity index is 559. The van der Waals surface area contributed by atoms with E-state index < -0.39 is 11.9 Å². The van der Waals surface area contributed by atoms with E-state index in [2.05, 4.69) is 11.0 Å². The lowest BCUT2D eigenvalue weighted by atomic mass is 9.70. The summed E-state index contributed by atoms with van der Waals surface area (Å²) < 4.78 is 0. The van der Waals surface area contributed by atoms with Crippen LogP contribution in [0.3, 0.4) is 0 Å². The summed E-state index contributed by atoms with van der Waals surface area (Å²) in [6.45, 7) is 2.03. The monoisotopic (exact) mass is 242 g/mol. The van der Waals surface area contributed by atoms with E-state index in [1.807, 2.05) is 49.4 Å². The highest BCUT2D eigenvalue weighted by atomic mass is 17.1. The first-order chi connectivity index (χ1) is 8.68. The Hall–Kier alpha value is -1.87. The lowest BCUT2D eigenvalue weighted by molar-refractivity contribution is -0.238. The predicted molar refractivity (Wildman–Crippen MR) is 67.0 cm³/mol. The third-order valence-corrected chi connectivity index (χ3v) is 4.13. The molecule has 3 nitrogen and oxygen atoms in total. The largest absolute Gasteiger partial charge is 0.350 e. The van der Waals surface area contributed by atoms with Crippen LogP contribution in [0.5, 0.6) is 0 Å². The van der Waals surface area contributed by atoms with E-state index in [-0.39, 0.29) is 11.3 Å². The molecule has 1 aromatic rings. The van der Waals surface area contributed by atoms with Crippen molar-refractivity contribution >= 4 is 5.97 Å². The van der Waals surface area contributed by atoms with Crippen molar-refractivity contribution in [2.24, 2.45) is 5.41 Å². The van der Waals surface area contributed by atoms with E-state index >= 15 is 0 Å². The molecule has 1 aromatic carbocycles. The van der Waals surface area contributed by atoms with Crippen LogP contribution in [0.1, 0.15) is 29.9 Å². The standard InChI is InChI=1S/C15H14O3/c1-15-9-5-4-8-12(15)10-6-2-3-7-11(10)13(15)14(16)18-17/h2-9,12-13,17H,1H3. The van der Waals surface area contributed by atoms with Crippen molar-refractivity contribution < 1.29 is 14.9 Å². The first-order valence-corrected chi connectivity index (χ1v) is 5.98. The van der Waals surface area contributed by atoms with Crippen molar-refractivity contribution in [2.45, 2.75) is 18.8 Å². The third-order valence-electron chi connectivity index (χ3n) is 4.13. The van der Waals surface area contributed by atoms with Crippen LogP contribution in [0.25, 0.3) is 0 Å². The van der Waals surface area contributed by atoms with Gasteiger partial charge in [0, 0.05) is 11.3 Å². The molecule has 0 saturated heterocycles. The van der Waals surface area contributed by atoms with Crippen molar-refractivity contribution in [3.63, 3.8) is 0 Å². The molecule has 0 amide bonds. The molecule has 0 aliphatic heterocycles. The van der Waals surface area contributed by atoms with E-state index in [9.17, 15) is 4.79 Å². The molecule has 3 rings (SSSR count). The minimum absolute atomic E-state index is 0.155. The van der Waals surface area contributed by atoms with Gasteiger partial charge in [-0.15, -0.1) is 0 Å². The summed E-state index contributed by atoms with van der Waals surface area (Å²) in [7, 11) is 0. The average Bonchev–Trinajstić information content (AvgIpc) is 2.66. The van der Waals surface area contributed by atoms with E-state index in [0.717, 1.165) is 11.1 Å². The van der Waals surface area contributed by atoms with Gasteiger partial charge in [0.05, 0.1) is 5.92 Å². The van der Waals surface area contributed by atoms with Gasteiger partial charge in [-0.25, -0.2) is 4.79 Å². The molecule has 0 saturated carbocycles. The molecular weight excluding hydrogens is 228 g/mol. The van der Waals surface area contributed by atoms with Gasteiger partial charge in [-0.05, 0) is 11.1 Å². The van der Waals surface area contributed by atoms with Gasteiger partial charge in [0.2, 0.25) is 0 Å². The molecule has 0 aromatic heterocycles. The smallest absolute Gasteiger partial charge is 0.300 e. The summed E-state index contributed by atoms with van der Waals surface area (Å²) in [4.78, 5) is 15.9. The van der Waals surface area contributed by atoms with E-state index in [0.29, 0.717) is 0 Å². The highest BCUT2D eigenvalue weighted by Gasteiger charge is 2.52. The minimum Gasteiger partial charge on any atom is -0.300 e. The molecular formula is C15H14O3. The Labute approximate surface area is 105 Å². The fourth-order valence-electron chi connectivity index (χ4n) is 3.29. The summed E-state index contributed by atoms with van der Waals surface area (Å²) >= 11 is 0. The fraction of sp³-hybridized carbons (Fsp3) is 0.267. The number of fused-ring (bicyclic) bond motifs is 3. The first-order valence-electron chi connectivity index (χ1n) is 5.98. The Morgan fingerprint density at radius 2 is 2.00 bits per heavy atom. The molecule has 2 aliphatic rings. The summed E-state index contributed by atoms with van der Waals surface area (Å²) in [5.41, 5.74) is 1.72. The molecule has 3 atom stereocenters. The zero-order valence-electron chi connectivity index (χ0n) is 10.0. The van der Waals surface area contributed by atoms with Gasteiger partial charge in [-0.1, -0.05) is 55.5 Å². The van der Waals surface area contributed by atoms with Gasteiger partial charge in [-0.3, -0.25) is 0 Å². The Morgan fingerprint density at radius 1 is 1.28 bits per heavy atom. The molecule has 0 bridgehead atoms. The lowest BCUT2D eigenvalue weighted by Crippen LogP contribution is -2.30. The van der Waals surface area contributed by atoms with E-state index in [1.54, 1.807) is 0 Å². The maximum absolute atomic E-state index is 11.9. The van der Waals surface area contributed by atoms with E-state index in [1.165, 1.54) is 0 Å². The Morgan fingerprint density at radius 3 is 2.72 bits per heavy atom. The summed E-state index contributed by atoms with van der Waals surface area (Å²) in [6, 6.07) is 7.84. The van der Waals surface area contributed by atoms with Crippen LogP contribution in [0, 0.1) is 5.41 Å². The van der Waals surface area contributed by atoms with E-state index in [4.69, 9.17) is 5.26 Å². The highest BCUT2D eigenvalue weighted by molar-refractivity contribution is 5.82. The number of hydrogen-bond acceptors (Lipinski definition) is 3. The van der Waals surface area contributed by atoms with Crippen LogP contribution in [0.2, 0.25) is 0 Å². The topological polar surface area (TPSA) is 46.5 Å². The van der Waals surface area contributed by atoms with Crippen LogP contribution in [-0.4, -0.2) is 11.2 Å². The van der Waals surface area contributed by atoms with Crippen molar-refractivity contribution in [3.05, 3.63) is 59.7 Å². The van der Waals surface area contributed by atoms with Crippen molar-refractivity contribution in [1.82, 2.24) is 0 Å². The minimum atomic E-state index is -0.590. The van der Waals surface area contributed by atoms with Crippen molar-refractivity contribution in [3.8, 4) is 0 Å². The number of rotatable bonds is 1. The molecule has 3 unspecified atom stereocenters. The Balaban J connectivity index is 2.21. The van der Waals surface area contributed by atoms with Crippen LogP contribution >= 0.6 is 0 Å². The van der Waals surface area contributed by atoms with Crippen LogP contribution in [0.15, 0.2) is 48.6 Å². The second-order valence-electron chi connectivity index (χ2n) is 5.06. The second-order valence-corrected chi connectivity index (χ2v) is 5.06. The zero-order chi connectivity index (χ0) is 12.8. The number of carbonyl (C=O) groups is 1. The molecule has 0 heterocycles. The normalized spacial score (nSPS) is 31.9. The summed E-state index contributed by atoms with van der Waals surface area (Å²) in [5.74, 6) is -0.889. The molecule has 3 heteroatoms. The first kappa shape index (κ1) is 11.2. The lowest BCUT2D eigenvalue weighted by Gasteiger charge is -2.32. The van der Waals surface area contributed by atoms with Gasteiger partial charge in [-0.2, -0.15) is 5.26 Å². The van der Waals surface area contributed by atoms with Gasteiger partial charge in [0.25, 0.3) is 0 Å². The Kier molecular flexibility index (Phi) is 2.38. The van der Waals surface area contributed by atoms with Crippen LogP contribution < -0.4 is 0 Å². The quantitative estimate of drug-likeness (QED) is 0.608. The fourth-order valence-corrected chi connectivity index (χ4v) is 3.29. The van der Waals surface area contributed by atoms with Crippen LogP contribution in [0.4, 0.5) is 0 Å². The molecule has 2 aliphatic carbocycles. The van der Waals surface area contributed by atoms with Crippen molar-refractivity contribution in [2.75, 3.05) is 0 Å². The van der Waals surface area contributed by atoms with Gasteiger partial charge in [0.1, 0.15) is 0 Å².